The Kier molecular flexibility index (Phi) is 6.47. The molecule has 1 saturated carbocycles. The van der Waals surface area contributed by atoms with E-state index in [1.165, 1.54) is 12.8 Å². The number of hydrogen-bond donors (Lipinski definition) is 0. The van der Waals surface area contributed by atoms with Crippen LogP contribution in [-0.4, -0.2) is 60.8 Å². The van der Waals surface area contributed by atoms with Gasteiger partial charge in [0, 0.05) is 19.6 Å². The zero-order chi connectivity index (χ0) is 16.9. The molecular weight excluding hydrogens is 311 g/mol. The molecule has 0 N–H and O–H groups in total. The van der Waals surface area contributed by atoms with Crippen LogP contribution in [0.4, 0.5) is 4.39 Å². The van der Waals surface area contributed by atoms with Crippen LogP contribution in [-0.2, 0) is 14.3 Å². The zero-order valence-corrected chi connectivity index (χ0v) is 14.8. The highest BCUT2D eigenvalue weighted by Crippen LogP contribution is 2.32. The van der Waals surface area contributed by atoms with Crippen molar-refractivity contribution in [2.45, 2.75) is 77.0 Å². The molecule has 6 heteroatoms. The molecule has 2 heterocycles. The van der Waals surface area contributed by atoms with Crippen LogP contribution in [0, 0.1) is 5.92 Å². The Morgan fingerprint density at radius 3 is 2.38 bits per heavy atom. The van der Waals surface area contributed by atoms with Gasteiger partial charge in [0.05, 0.1) is 18.6 Å². The van der Waals surface area contributed by atoms with Gasteiger partial charge in [-0.2, -0.15) is 0 Å². The molecule has 2 aliphatic heterocycles. The molecule has 0 spiro atoms. The molecule has 3 aliphatic rings. The molecule has 0 bridgehead atoms. The minimum Gasteiger partial charge on any atom is -0.466 e. The van der Waals surface area contributed by atoms with Gasteiger partial charge in [0.1, 0.15) is 0 Å². The predicted octanol–water partition coefficient (Wildman–Crippen LogP) is 2.90. The third-order valence-corrected chi connectivity index (χ3v) is 5.56. The molecule has 3 fully saturated rings. The summed E-state index contributed by atoms with van der Waals surface area (Å²) in [5.74, 6) is -0.0637. The van der Waals surface area contributed by atoms with Crippen LogP contribution >= 0.6 is 0 Å². The number of alkyl halides is 1. The molecule has 3 rings (SSSR count). The Bertz CT molecular complexity index is 409. The number of likely N-dealkylation sites (tertiary alicyclic amines) is 2. The summed E-state index contributed by atoms with van der Waals surface area (Å²) in [6.07, 6.45) is 6.21. The van der Waals surface area contributed by atoms with E-state index in [4.69, 9.17) is 9.47 Å². The summed E-state index contributed by atoms with van der Waals surface area (Å²) in [6.45, 7) is 5.05. The van der Waals surface area contributed by atoms with Gasteiger partial charge in [0.25, 0.3) is 0 Å². The van der Waals surface area contributed by atoms with Crippen molar-refractivity contribution in [1.29, 1.82) is 0 Å². The molecule has 5 nitrogen and oxygen atoms in total. The molecule has 0 aromatic heterocycles. The molecule has 0 aromatic rings. The van der Waals surface area contributed by atoms with Crippen molar-refractivity contribution < 1.29 is 18.7 Å². The molecule has 1 aliphatic carbocycles. The highest BCUT2D eigenvalue weighted by atomic mass is 19.1. The summed E-state index contributed by atoms with van der Waals surface area (Å²) < 4.78 is 25.8. The lowest BCUT2D eigenvalue weighted by atomic mass is 9.87. The van der Waals surface area contributed by atoms with Crippen LogP contribution in [0.2, 0.25) is 0 Å². The second kappa shape index (κ2) is 8.59. The van der Waals surface area contributed by atoms with Crippen molar-refractivity contribution in [2.75, 3.05) is 26.2 Å². The van der Waals surface area contributed by atoms with Crippen LogP contribution in [0.1, 0.15) is 58.3 Å². The Morgan fingerprint density at radius 1 is 1.08 bits per heavy atom. The predicted molar refractivity (Wildman–Crippen MR) is 88.9 cm³/mol. The Balaban J connectivity index is 1.54. The first-order valence-corrected chi connectivity index (χ1v) is 9.65. The quantitative estimate of drug-likeness (QED) is 0.548. The average molecular weight is 342 g/mol. The van der Waals surface area contributed by atoms with Gasteiger partial charge in [0.2, 0.25) is 0 Å². The maximum absolute atomic E-state index is 14.3. The SMILES string of the molecule is CCOC(=O)C1CCC(OC(N2CCCC2)N2CCC[C@@H]2F)CC1. The second-order valence-electron chi connectivity index (χ2n) is 7.25. The van der Waals surface area contributed by atoms with E-state index in [1.807, 2.05) is 11.8 Å². The summed E-state index contributed by atoms with van der Waals surface area (Å²) in [5, 5.41) is 0. The standard InChI is InChI=1S/C18H31FN2O3/c1-2-23-17(22)14-7-9-15(10-8-14)24-18(20-11-3-4-12-20)21-13-5-6-16(21)19/h14-16,18H,2-13H2,1H3/t14?,15?,16-,18?/m1/s1. The van der Waals surface area contributed by atoms with Crippen molar-refractivity contribution in [3.8, 4) is 0 Å². The largest absolute Gasteiger partial charge is 0.466 e. The summed E-state index contributed by atoms with van der Waals surface area (Å²) in [5.41, 5.74) is 0. The number of carbonyl (C=O) groups is 1. The van der Waals surface area contributed by atoms with Crippen LogP contribution in [0.25, 0.3) is 0 Å². The summed E-state index contributed by atoms with van der Waals surface area (Å²) in [6, 6.07) is 0. The van der Waals surface area contributed by atoms with Crippen LogP contribution in [0.15, 0.2) is 0 Å². The van der Waals surface area contributed by atoms with E-state index in [9.17, 15) is 9.18 Å². The van der Waals surface area contributed by atoms with E-state index >= 15 is 0 Å². The Hall–Kier alpha value is -0.720. The zero-order valence-electron chi connectivity index (χ0n) is 14.8. The normalized spacial score (nSPS) is 33.7. The number of ether oxygens (including phenoxy) is 2. The summed E-state index contributed by atoms with van der Waals surface area (Å²) >= 11 is 0. The third kappa shape index (κ3) is 4.27. The monoisotopic (exact) mass is 342 g/mol. The van der Waals surface area contributed by atoms with Crippen molar-refractivity contribution in [1.82, 2.24) is 9.80 Å². The molecule has 1 unspecified atom stereocenters. The maximum Gasteiger partial charge on any atom is 0.308 e. The summed E-state index contributed by atoms with van der Waals surface area (Å²) in [7, 11) is 0. The first-order chi connectivity index (χ1) is 11.7. The minimum atomic E-state index is -0.883. The topological polar surface area (TPSA) is 42.0 Å². The number of halogens is 1. The summed E-state index contributed by atoms with van der Waals surface area (Å²) in [4.78, 5) is 16.0. The smallest absolute Gasteiger partial charge is 0.308 e. The second-order valence-corrected chi connectivity index (χ2v) is 7.25. The lowest BCUT2D eigenvalue weighted by Gasteiger charge is -2.39. The van der Waals surface area contributed by atoms with E-state index < -0.39 is 6.30 Å². The van der Waals surface area contributed by atoms with Crippen molar-refractivity contribution in [3.63, 3.8) is 0 Å². The maximum atomic E-state index is 14.3. The van der Waals surface area contributed by atoms with Crippen molar-refractivity contribution in [2.24, 2.45) is 5.92 Å². The Labute approximate surface area is 144 Å². The van der Waals surface area contributed by atoms with E-state index in [1.54, 1.807) is 0 Å². The number of nitrogens with zero attached hydrogens (tertiary/aromatic N) is 2. The fourth-order valence-corrected chi connectivity index (χ4v) is 4.20. The van der Waals surface area contributed by atoms with Gasteiger partial charge >= 0.3 is 5.97 Å². The number of hydrogen-bond acceptors (Lipinski definition) is 5. The molecule has 0 radical (unpaired) electrons. The minimum absolute atomic E-state index is 0.00995. The van der Waals surface area contributed by atoms with Gasteiger partial charge in [-0.05, 0) is 58.3 Å². The van der Waals surface area contributed by atoms with E-state index in [2.05, 4.69) is 4.90 Å². The van der Waals surface area contributed by atoms with Crippen molar-refractivity contribution >= 4 is 5.97 Å². The van der Waals surface area contributed by atoms with Gasteiger partial charge in [-0.25, -0.2) is 9.29 Å². The number of carbonyl (C=O) groups excluding carboxylic acids is 1. The molecule has 24 heavy (non-hydrogen) atoms. The van der Waals surface area contributed by atoms with Gasteiger partial charge in [-0.3, -0.25) is 9.69 Å². The lowest BCUT2D eigenvalue weighted by Crippen LogP contribution is -2.51. The first kappa shape index (κ1) is 18.1. The van der Waals surface area contributed by atoms with Crippen LogP contribution < -0.4 is 0 Å². The van der Waals surface area contributed by atoms with Crippen molar-refractivity contribution in [3.05, 3.63) is 0 Å². The third-order valence-electron chi connectivity index (χ3n) is 5.56. The van der Waals surface area contributed by atoms with Gasteiger partial charge < -0.3 is 9.47 Å². The average Bonchev–Trinajstić information content (AvgIpc) is 3.25. The van der Waals surface area contributed by atoms with E-state index in [0.29, 0.717) is 13.0 Å². The highest BCUT2D eigenvalue weighted by Gasteiger charge is 2.38. The molecule has 0 amide bonds. The van der Waals surface area contributed by atoms with Gasteiger partial charge in [-0.15, -0.1) is 0 Å². The van der Waals surface area contributed by atoms with Gasteiger partial charge in [-0.1, -0.05) is 0 Å². The fraction of sp³-hybridized carbons (Fsp3) is 0.944. The first-order valence-electron chi connectivity index (χ1n) is 9.65. The molecule has 0 aromatic carbocycles. The number of rotatable bonds is 6. The van der Waals surface area contributed by atoms with Crippen LogP contribution in [0.3, 0.4) is 0 Å². The fourth-order valence-electron chi connectivity index (χ4n) is 4.20. The van der Waals surface area contributed by atoms with Crippen LogP contribution in [0.5, 0.6) is 0 Å². The molecule has 2 saturated heterocycles. The highest BCUT2D eigenvalue weighted by molar-refractivity contribution is 5.72. The van der Waals surface area contributed by atoms with E-state index in [-0.39, 0.29) is 24.3 Å². The van der Waals surface area contributed by atoms with E-state index in [0.717, 1.165) is 51.7 Å². The van der Waals surface area contributed by atoms with Gasteiger partial charge in [0.15, 0.2) is 12.6 Å². The molecule has 138 valence electrons. The molecule has 2 atom stereocenters. The Morgan fingerprint density at radius 2 is 1.79 bits per heavy atom. The molecular formula is C18H31FN2O3. The lowest BCUT2D eigenvalue weighted by molar-refractivity contribution is -0.199. The number of esters is 1.